The van der Waals surface area contributed by atoms with Crippen molar-refractivity contribution in [2.24, 2.45) is 0 Å². The smallest absolute Gasteiger partial charge is 0.251 e. The molecule has 4 heteroatoms. The normalized spacial score (nSPS) is 14.1. The topological polar surface area (TPSA) is 69.6 Å². The third-order valence-corrected chi connectivity index (χ3v) is 2.79. The molecule has 0 radical (unpaired) electrons. The number of carbonyl (C=O) groups is 1. The first-order valence-corrected chi connectivity index (χ1v) is 5.69. The standard InChI is InChI=1S/C13H19NO3/c1-3-13(2,17)9-14-12(16)11-6-4-10(8-15)5-7-11/h4-7,15,17H,3,8-9H2,1-2H3,(H,14,16). The largest absolute Gasteiger partial charge is 0.392 e. The van der Waals surface area contributed by atoms with Crippen molar-refractivity contribution in [2.75, 3.05) is 6.54 Å². The van der Waals surface area contributed by atoms with E-state index < -0.39 is 5.60 Å². The molecule has 0 saturated heterocycles. The maximum absolute atomic E-state index is 11.7. The maximum atomic E-state index is 11.7. The van der Waals surface area contributed by atoms with Gasteiger partial charge in [-0.3, -0.25) is 4.79 Å². The number of amides is 1. The molecule has 1 aromatic carbocycles. The maximum Gasteiger partial charge on any atom is 0.251 e. The van der Waals surface area contributed by atoms with E-state index in [0.717, 1.165) is 5.56 Å². The highest BCUT2D eigenvalue weighted by Crippen LogP contribution is 2.08. The minimum absolute atomic E-state index is 0.0353. The minimum Gasteiger partial charge on any atom is -0.392 e. The molecule has 0 aliphatic heterocycles. The molecular formula is C13H19NO3. The Bertz CT molecular complexity index is 371. The van der Waals surface area contributed by atoms with E-state index in [2.05, 4.69) is 5.32 Å². The van der Waals surface area contributed by atoms with Gasteiger partial charge in [-0.15, -0.1) is 0 Å². The summed E-state index contributed by atoms with van der Waals surface area (Å²) in [6, 6.07) is 6.71. The molecule has 1 atom stereocenters. The van der Waals surface area contributed by atoms with Crippen LogP contribution < -0.4 is 5.32 Å². The lowest BCUT2D eigenvalue weighted by molar-refractivity contribution is 0.0518. The van der Waals surface area contributed by atoms with Gasteiger partial charge in [0, 0.05) is 12.1 Å². The fourth-order valence-corrected chi connectivity index (χ4v) is 1.26. The predicted molar refractivity (Wildman–Crippen MR) is 65.6 cm³/mol. The monoisotopic (exact) mass is 237 g/mol. The molecular weight excluding hydrogens is 218 g/mol. The molecule has 3 N–H and O–H groups in total. The van der Waals surface area contributed by atoms with Gasteiger partial charge in [-0.25, -0.2) is 0 Å². The van der Waals surface area contributed by atoms with Gasteiger partial charge in [0.1, 0.15) is 0 Å². The van der Waals surface area contributed by atoms with Crippen LogP contribution in [-0.2, 0) is 6.61 Å². The summed E-state index contributed by atoms with van der Waals surface area (Å²) in [6.07, 6.45) is 0.580. The fourth-order valence-electron chi connectivity index (χ4n) is 1.26. The summed E-state index contributed by atoms with van der Waals surface area (Å²) >= 11 is 0. The predicted octanol–water partition coefficient (Wildman–Crippen LogP) is 1.07. The summed E-state index contributed by atoms with van der Waals surface area (Å²) in [4.78, 5) is 11.7. The van der Waals surface area contributed by atoms with Crippen molar-refractivity contribution in [1.82, 2.24) is 5.32 Å². The number of hydrogen-bond donors (Lipinski definition) is 3. The quantitative estimate of drug-likeness (QED) is 0.717. The average molecular weight is 237 g/mol. The molecule has 1 aromatic rings. The van der Waals surface area contributed by atoms with Crippen LogP contribution in [0.3, 0.4) is 0 Å². The van der Waals surface area contributed by atoms with E-state index in [-0.39, 0.29) is 19.1 Å². The van der Waals surface area contributed by atoms with Gasteiger partial charge < -0.3 is 15.5 Å². The highest BCUT2D eigenvalue weighted by molar-refractivity contribution is 5.94. The fraction of sp³-hybridized carbons (Fsp3) is 0.462. The summed E-state index contributed by atoms with van der Waals surface area (Å²) in [5.74, 6) is -0.219. The molecule has 0 aliphatic carbocycles. The van der Waals surface area contributed by atoms with Crippen LogP contribution in [0.5, 0.6) is 0 Å². The molecule has 0 heterocycles. The average Bonchev–Trinajstić information content (AvgIpc) is 2.36. The molecule has 0 saturated carbocycles. The number of benzene rings is 1. The SMILES string of the molecule is CCC(C)(O)CNC(=O)c1ccc(CO)cc1. The third kappa shape index (κ3) is 4.17. The summed E-state index contributed by atoms with van der Waals surface area (Å²) < 4.78 is 0. The van der Waals surface area contributed by atoms with Crippen molar-refractivity contribution in [2.45, 2.75) is 32.5 Å². The second-order valence-corrected chi connectivity index (χ2v) is 4.39. The van der Waals surface area contributed by atoms with Crippen molar-refractivity contribution >= 4 is 5.91 Å². The van der Waals surface area contributed by atoms with Gasteiger partial charge in [-0.1, -0.05) is 19.1 Å². The first-order valence-electron chi connectivity index (χ1n) is 5.69. The molecule has 0 spiro atoms. The Kier molecular flexibility index (Phi) is 4.66. The Morgan fingerprint density at radius 1 is 1.35 bits per heavy atom. The summed E-state index contributed by atoms with van der Waals surface area (Å²) in [5, 5.41) is 21.3. The van der Waals surface area contributed by atoms with E-state index in [1.165, 1.54) is 0 Å². The second kappa shape index (κ2) is 5.80. The van der Waals surface area contributed by atoms with Gasteiger partial charge in [0.25, 0.3) is 5.91 Å². The number of nitrogens with one attached hydrogen (secondary N) is 1. The van der Waals surface area contributed by atoms with E-state index in [1.54, 1.807) is 31.2 Å². The van der Waals surface area contributed by atoms with E-state index in [4.69, 9.17) is 5.11 Å². The van der Waals surface area contributed by atoms with Crippen LogP contribution >= 0.6 is 0 Å². The van der Waals surface area contributed by atoms with Gasteiger partial charge in [0.15, 0.2) is 0 Å². The molecule has 0 aromatic heterocycles. The Labute approximate surface area is 101 Å². The minimum atomic E-state index is -0.874. The first kappa shape index (κ1) is 13.7. The number of carbonyl (C=O) groups excluding carboxylic acids is 1. The van der Waals surface area contributed by atoms with Crippen molar-refractivity contribution in [3.05, 3.63) is 35.4 Å². The second-order valence-electron chi connectivity index (χ2n) is 4.39. The molecule has 1 unspecified atom stereocenters. The van der Waals surface area contributed by atoms with Crippen LogP contribution in [-0.4, -0.2) is 28.3 Å². The zero-order chi connectivity index (χ0) is 12.9. The highest BCUT2D eigenvalue weighted by atomic mass is 16.3. The van der Waals surface area contributed by atoms with Gasteiger partial charge in [0.2, 0.25) is 0 Å². The Balaban J connectivity index is 2.58. The Morgan fingerprint density at radius 2 is 1.94 bits per heavy atom. The molecule has 1 amide bonds. The van der Waals surface area contributed by atoms with Crippen LogP contribution in [0.15, 0.2) is 24.3 Å². The molecule has 0 bridgehead atoms. The number of aliphatic hydroxyl groups is 2. The molecule has 0 aliphatic rings. The van der Waals surface area contributed by atoms with Crippen LogP contribution in [0.4, 0.5) is 0 Å². The summed E-state index contributed by atoms with van der Waals surface area (Å²) in [6.45, 7) is 3.74. The van der Waals surface area contributed by atoms with Gasteiger partial charge >= 0.3 is 0 Å². The van der Waals surface area contributed by atoms with Crippen molar-refractivity contribution in [3.63, 3.8) is 0 Å². The van der Waals surface area contributed by atoms with Crippen LogP contribution in [0.25, 0.3) is 0 Å². The molecule has 0 fully saturated rings. The number of rotatable bonds is 5. The van der Waals surface area contributed by atoms with Crippen LogP contribution in [0, 0.1) is 0 Å². The summed E-state index contributed by atoms with van der Waals surface area (Å²) in [7, 11) is 0. The van der Waals surface area contributed by atoms with Crippen molar-refractivity contribution < 1.29 is 15.0 Å². The lowest BCUT2D eigenvalue weighted by Gasteiger charge is -2.21. The number of hydrogen-bond acceptors (Lipinski definition) is 3. The van der Waals surface area contributed by atoms with Gasteiger partial charge in [-0.2, -0.15) is 0 Å². The molecule has 94 valence electrons. The zero-order valence-corrected chi connectivity index (χ0v) is 10.2. The molecule has 17 heavy (non-hydrogen) atoms. The first-order chi connectivity index (χ1) is 7.98. The lowest BCUT2D eigenvalue weighted by Crippen LogP contribution is -2.40. The molecule has 1 rings (SSSR count). The molecule has 4 nitrogen and oxygen atoms in total. The number of aliphatic hydroxyl groups excluding tert-OH is 1. The van der Waals surface area contributed by atoms with Crippen molar-refractivity contribution in [3.8, 4) is 0 Å². The zero-order valence-electron chi connectivity index (χ0n) is 10.2. The van der Waals surface area contributed by atoms with Gasteiger partial charge in [0.05, 0.1) is 12.2 Å². The lowest BCUT2D eigenvalue weighted by atomic mass is 10.0. The van der Waals surface area contributed by atoms with Crippen LogP contribution in [0.1, 0.15) is 36.2 Å². The van der Waals surface area contributed by atoms with E-state index in [9.17, 15) is 9.90 Å². The van der Waals surface area contributed by atoms with Gasteiger partial charge in [-0.05, 0) is 31.0 Å². The third-order valence-electron chi connectivity index (χ3n) is 2.79. The van der Waals surface area contributed by atoms with E-state index in [0.29, 0.717) is 12.0 Å². The van der Waals surface area contributed by atoms with E-state index in [1.807, 2.05) is 6.92 Å². The van der Waals surface area contributed by atoms with Crippen LogP contribution in [0.2, 0.25) is 0 Å². The van der Waals surface area contributed by atoms with E-state index >= 15 is 0 Å². The highest BCUT2D eigenvalue weighted by Gasteiger charge is 2.18. The summed E-state index contributed by atoms with van der Waals surface area (Å²) in [5.41, 5.74) is 0.414. The van der Waals surface area contributed by atoms with Crippen molar-refractivity contribution in [1.29, 1.82) is 0 Å². The Hall–Kier alpha value is -1.39. The Morgan fingerprint density at radius 3 is 2.41 bits per heavy atom.